The largest absolute Gasteiger partial charge is 0.484 e. The van der Waals surface area contributed by atoms with Crippen LogP contribution in [0.3, 0.4) is 0 Å². The molecule has 1 aromatic carbocycles. The Morgan fingerprint density at radius 3 is 2.76 bits per heavy atom. The molecule has 0 aliphatic carbocycles. The van der Waals surface area contributed by atoms with E-state index in [0.29, 0.717) is 22.3 Å². The van der Waals surface area contributed by atoms with Crippen LogP contribution >= 0.6 is 23.2 Å². The van der Waals surface area contributed by atoms with Crippen molar-refractivity contribution < 1.29 is 9.53 Å². The van der Waals surface area contributed by atoms with Crippen LogP contribution in [0.5, 0.6) is 5.75 Å². The van der Waals surface area contributed by atoms with Gasteiger partial charge < -0.3 is 15.8 Å². The van der Waals surface area contributed by atoms with Gasteiger partial charge in [-0.25, -0.2) is 0 Å². The number of hydrogen-bond acceptors (Lipinski definition) is 3. The molecule has 0 saturated heterocycles. The van der Waals surface area contributed by atoms with Crippen LogP contribution in [0.2, 0.25) is 10.0 Å². The summed E-state index contributed by atoms with van der Waals surface area (Å²) in [5.41, 5.74) is 5.38. The first-order valence-corrected chi connectivity index (χ1v) is 5.85. The fraction of sp³-hybridized carbons (Fsp3) is 0.364. The second-order valence-electron chi connectivity index (χ2n) is 3.57. The molecule has 0 radical (unpaired) electrons. The second kappa shape index (κ2) is 6.69. The van der Waals surface area contributed by atoms with E-state index in [1.807, 2.05) is 6.92 Å². The van der Waals surface area contributed by atoms with Crippen LogP contribution in [0.15, 0.2) is 18.2 Å². The minimum Gasteiger partial charge on any atom is -0.484 e. The molecule has 0 spiro atoms. The summed E-state index contributed by atoms with van der Waals surface area (Å²) in [7, 11) is 0. The molecule has 0 aromatic heterocycles. The monoisotopic (exact) mass is 276 g/mol. The molecule has 0 bridgehead atoms. The van der Waals surface area contributed by atoms with Crippen LogP contribution in [0.4, 0.5) is 0 Å². The van der Waals surface area contributed by atoms with Gasteiger partial charge in [0.15, 0.2) is 6.61 Å². The molecule has 0 fully saturated rings. The van der Waals surface area contributed by atoms with Gasteiger partial charge in [-0.3, -0.25) is 4.79 Å². The molecule has 0 heterocycles. The molecule has 0 aliphatic heterocycles. The number of hydrogen-bond donors (Lipinski definition) is 2. The lowest BCUT2D eigenvalue weighted by Crippen LogP contribution is -2.40. The zero-order chi connectivity index (χ0) is 12.8. The third-order valence-corrected chi connectivity index (χ3v) is 2.76. The smallest absolute Gasteiger partial charge is 0.258 e. The van der Waals surface area contributed by atoms with E-state index in [1.54, 1.807) is 18.2 Å². The highest BCUT2D eigenvalue weighted by atomic mass is 35.5. The SMILES string of the molecule is C[C@@H](CN)NC(=O)COc1ccc(Cl)c(Cl)c1. The number of nitrogens with two attached hydrogens (primary N) is 1. The van der Waals surface area contributed by atoms with Gasteiger partial charge >= 0.3 is 0 Å². The Hall–Kier alpha value is -0.970. The molecular weight excluding hydrogens is 263 g/mol. The van der Waals surface area contributed by atoms with Crippen molar-refractivity contribution >= 4 is 29.1 Å². The summed E-state index contributed by atoms with van der Waals surface area (Å²) in [6.07, 6.45) is 0. The maximum Gasteiger partial charge on any atom is 0.258 e. The van der Waals surface area contributed by atoms with E-state index in [9.17, 15) is 4.79 Å². The van der Waals surface area contributed by atoms with E-state index in [4.69, 9.17) is 33.7 Å². The van der Waals surface area contributed by atoms with Gasteiger partial charge in [-0.2, -0.15) is 0 Å². The van der Waals surface area contributed by atoms with Crippen molar-refractivity contribution in [3.63, 3.8) is 0 Å². The van der Waals surface area contributed by atoms with E-state index in [0.717, 1.165) is 0 Å². The lowest BCUT2D eigenvalue weighted by Gasteiger charge is -2.12. The van der Waals surface area contributed by atoms with Crippen molar-refractivity contribution in [1.82, 2.24) is 5.32 Å². The maximum atomic E-state index is 11.4. The van der Waals surface area contributed by atoms with Crippen molar-refractivity contribution in [2.75, 3.05) is 13.2 Å². The van der Waals surface area contributed by atoms with Crippen molar-refractivity contribution in [1.29, 1.82) is 0 Å². The third kappa shape index (κ3) is 4.81. The minimum atomic E-state index is -0.228. The molecule has 3 N–H and O–H groups in total. The van der Waals surface area contributed by atoms with Crippen LogP contribution in [0, 0.1) is 0 Å². The van der Waals surface area contributed by atoms with Crippen molar-refractivity contribution in [3.8, 4) is 5.75 Å². The molecule has 94 valence electrons. The Morgan fingerprint density at radius 2 is 2.18 bits per heavy atom. The zero-order valence-electron chi connectivity index (χ0n) is 9.37. The standard InChI is InChI=1S/C11H14Cl2N2O2/c1-7(5-14)15-11(16)6-17-8-2-3-9(12)10(13)4-8/h2-4,7H,5-6,14H2,1H3,(H,15,16)/t7-/m0/s1. The van der Waals surface area contributed by atoms with Gasteiger partial charge in [-0.05, 0) is 19.1 Å². The molecule has 1 rings (SSSR count). The van der Waals surface area contributed by atoms with E-state index in [-0.39, 0.29) is 18.6 Å². The Bertz CT molecular complexity index is 399. The minimum absolute atomic E-state index is 0.0695. The van der Waals surface area contributed by atoms with Gasteiger partial charge in [0, 0.05) is 18.7 Å². The summed E-state index contributed by atoms with van der Waals surface area (Å²) in [5, 5.41) is 3.51. The first kappa shape index (κ1) is 14.1. The van der Waals surface area contributed by atoms with Crippen LogP contribution in [-0.2, 0) is 4.79 Å². The van der Waals surface area contributed by atoms with Crippen molar-refractivity contribution in [2.24, 2.45) is 5.73 Å². The fourth-order valence-corrected chi connectivity index (χ4v) is 1.38. The van der Waals surface area contributed by atoms with Gasteiger partial charge in [0.25, 0.3) is 5.91 Å². The van der Waals surface area contributed by atoms with Crippen LogP contribution in [0.25, 0.3) is 0 Å². The molecule has 0 saturated carbocycles. The van der Waals surface area contributed by atoms with E-state index < -0.39 is 0 Å². The molecule has 17 heavy (non-hydrogen) atoms. The Morgan fingerprint density at radius 1 is 1.47 bits per heavy atom. The highest BCUT2D eigenvalue weighted by Crippen LogP contribution is 2.26. The number of amides is 1. The summed E-state index contributed by atoms with van der Waals surface area (Å²) < 4.78 is 5.25. The molecule has 6 heteroatoms. The molecule has 0 unspecified atom stereocenters. The first-order valence-electron chi connectivity index (χ1n) is 5.10. The summed E-state index contributed by atoms with van der Waals surface area (Å²) >= 11 is 11.6. The zero-order valence-corrected chi connectivity index (χ0v) is 10.9. The predicted molar refractivity (Wildman–Crippen MR) is 68.6 cm³/mol. The van der Waals surface area contributed by atoms with Gasteiger partial charge in [0.05, 0.1) is 10.0 Å². The predicted octanol–water partition coefficient (Wildman–Crippen LogP) is 1.84. The number of halogens is 2. The molecule has 4 nitrogen and oxygen atoms in total. The van der Waals surface area contributed by atoms with Gasteiger partial charge in [0.1, 0.15) is 5.75 Å². The van der Waals surface area contributed by atoms with Gasteiger partial charge in [0.2, 0.25) is 0 Å². The molecule has 1 atom stereocenters. The summed E-state index contributed by atoms with van der Waals surface area (Å²) in [4.78, 5) is 11.4. The van der Waals surface area contributed by atoms with Gasteiger partial charge in [-0.1, -0.05) is 23.2 Å². The maximum absolute atomic E-state index is 11.4. The Kier molecular flexibility index (Phi) is 5.55. The molecule has 0 aliphatic rings. The number of benzene rings is 1. The van der Waals surface area contributed by atoms with Crippen LogP contribution in [-0.4, -0.2) is 25.1 Å². The number of carbonyl (C=O) groups excluding carboxylic acids is 1. The Labute approximate surface area is 110 Å². The van der Waals surface area contributed by atoms with E-state index in [2.05, 4.69) is 5.32 Å². The summed E-state index contributed by atoms with van der Waals surface area (Å²) in [6, 6.07) is 4.75. The summed E-state index contributed by atoms with van der Waals surface area (Å²) in [5.74, 6) is 0.268. The van der Waals surface area contributed by atoms with Gasteiger partial charge in [-0.15, -0.1) is 0 Å². The number of rotatable bonds is 5. The van der Waals surface area contributed by atoms with Crippen LogP contribution in [0.1, 0.15) is 6.92 Å². The summed E-state index contributed by atoms with van der Waals surface area (Å²) in [6.45, 7) is 2.12. The average Bonchev–Trinajstić information content (AvgIpc) is 2.30. The highest BCUT2D eigenvalue weighted by Gasteiger charge is 2.07. The number of ether oxygens (including phenoxy) is 1. The molecule has 1 amide bonds. The third-order valence-electron chi connectivity index (χ3n) is 2.02. The molecule has 1 aromatic rings. The highest BCUT2D eigenvalue weighted by molar-refractivity contribution is 6.42. The number of carbonyl (C=O) groups is 1. The quantitative estimate of drug-likeness (QED) is 0.863. The second-order valence-corrected chi connectivity index (χ2v) is 4.38. The van der Waals surface area contributed by atoms with E-state index in [1.165, 1.54) is 0 Å². The Balaban J connectivity index is 2.45. The normalized spacial score (nSPS) is 12.0. The topological polar surface area (TPSA) is 64.3 Å². The molecular formula is C11H14Cl2N2O2. The van der Waals surface area contributed by atoms with E-state index >= 15 is 0 Å². The fourth-order valence-electron chi connectivity index (χ4n) is 1.09. The average molecular weight is 277 g/mol. The van der Waals surface area contributed by atoms with Crippen molar-refractivity contribution in [3.05, 3.63) is 28.2 Å². The lowest BCUT2D eigenvalue weighted by molar-refractivity contribution is -0.123. The number of nitrogens with one attached hydrogen (secondary N) is 1. The first-order chi connectivity index (χ1) is 8.02. The lowest BCUT2D eigenvalue weighted by atomic mass is 10.3. The van der Waals surface area contributed by atoms with Crippen molar-refractivity contribution in [2.45, 2.75) is 13.0 Å². The van der Waals surface area contributed by atoms with Crippen LogP contribution < -0.4 is 15.8 Å².